The molecule has 1 saturated heterocycles. The van der Waals surface area contributed by atoms with E-state index in [1.54, 1.807) is 29.7 Å². The van der Waals surface area contributed by atoms with Crippen molar-refractivity contribution < 1.29 is 9.53 Å². The summed E-state index contributed by atoms with van der Waals surface area (Å²) in [6, 6.07) is 18.6. The number of ether oxygens (including phenoxy) is 1. The second-order valence-electron chi connectivity index (χ2n) is 7.75. The average Bonchev–Trinajstić information content (AvgIpc) is 3.25. The monoisotopic (exact) mass is 457 g/mol. The van der Waals surface area contributed by atoms with Crippen molar-refractivity contribution in [3.63, 3.8) is 0 Å². The Labute approximate surface area is 196 Å². The van der Waals surface area contributed by atoms with Gasteiger partial charge in [-0.3, -0.25) is 0 Å². The van der Waals surface area contributed by atoms with Crippen LogP contribution in [0.25, 0.3) is 10.4 Å². The maximum atomic E-state index is 12.2. The zero-order chi connectivity index (χ0) is 22.6. The van der Waals surface area contributed by atoms with E-state index in [-0.39, 0.29) is 6.03 Å². The van der Waals surface area contributed by atoms with Crippen molar-refractivity contribution in [2.24, 2.45) is 0 Å². The molecule has 0 unspecified atom stereocenters. The molecule has 0 saturated carbocycles. The van der Waals surface area contributed by atoms with Gasteiger partial charge >= 0.3 is 6.03 Å². The molecule has 7 nitrogen and oxygen atoms in total. The number of nitrogens with one attached hydrogen (secondary N) is 2. The molecule has 0 spiro atoms. The molecule has 166 valence electrons. The van der Waals surface area contributed by atoms with Crippen LogP contribution < -0.4 is 20.3 Å². The fourth-order valence-corrected chi connectivity index (χ4v) is 4.35. The minimum absolute atomic E-state index is 0.323. The summed E-state index contributed by atoms with van der Waals surface area (Å²) in [5.41, 5.74) is 3.44. The van der Waals surface area contributed by atoms with Gasteiger partial charge in [-0.25, -0.2) is 14.8 Å². The number of rotatable bonds is 6. The first-order chi connectivity index (χ1) is 16.1. The number of thiazole rings is 1. The van der Waals surface area contributed by atoms with Crippen molar-refractivity contribution in [1.29, 1.82) is 0 Å². The number of nitrogens with zero attached hydrogens (tertiary/aromatic N) is 3. The Morgan fingerprint density at radius 2 is 1.79 bits per heavy atom. The van der Waals surface area contributed by atoms with E-state index in [0.29, 0.717) is 17.3 Å². The maximum absolute atomic E-state index is 12.2. The van der Waals surface area contributed by atoms with Crippen molar-refractivity contribution in [1.82, 2.24) is 9.97 Å². The van der Waals surface area contributed by atoms with Gasteiger partial charge in [0.1, 0.15) is 5.75 Å². The Bertz CT molecular complexity index is 1250. The molecular weight excluding hydrogens is 434 g/mol. The smallest absolute Gasteiger partial charge is 0.323 e. The summed E-state index contributed by atoms with van der Waals surface area (Å²) in [5, 5.41) is 6.69. The Kier molecular flexibility index (Phi) is 5.91. The number of urea groups is 1. The zero-order valence-electron chi connectivity index (χ0n) is 18.1. The van der Waals surface area contributed by atoms with E-state index in [9.17, 15) is 4.79 Å². The van der Waals surface area contributed by atoms with E-state index < -0.39 is 0 Å². The molecule has 2 N–H and O–H groups in total. The van der Waals surface area contributed by atoms with Crippen LogP contribution in [-0.4, -0.2) is 29.1 Å². The summed E-state index contributed by atoms with van der Waals surface area (Å²) in [6.45, 7) is 4.13. The van der Waals surface area contributed by atoms with Gasteiger partial charge in [0, 0.05) is 31.0 Å². The molecule has 2 aromatic heterocycles. The fourth-order valence-electron chi connectivity index (χ4n) is 3.37. The highest BCUT2D eigenvalue weighted by atomic mass is 32.1. The van der Waals surface area contributed by atoms with E-state index in [0.717, 1.165) is 39.9 Å². The first-order valence-electron chi connectivity index (χ1n) is 10.7. The van der Waals surface area contributed by atoms with Gasteiger partial charge in [0.05, 0.1) is 16.8 Å². The third-order valence-corrected chi connectivity index (χ3v) is 6.48. The summed E-state index contributed by atoms with van der Waals surface area (Å²) < 4.78 is 5.85. The lowest BCUT2D eigenvalue weighted by Crippen LogP contribution is -2.36. The van der Waals surface area contributed by atoms with Crippen molar-refractivity contribution in [2.45, 2.75) is 13.3 Å². The number of hydrogen-bond acceptors (Lipinski definition) is 6. The van der Waals surface area contributed by atoms with E-state index in [2.05, 4.69) is 25.5 Å². The molecule has 1 fully saturated rings. The Hall–Kier alpha value is -3.91. The zero-order valence-corrected chi connectivity index (χ0v) is 18.9. The van der Waals surface area contributed by atoms with Crippen molar-refractivity contribution in [3.05, 3.63) is 78.6 Å². The second-order valence-corrected chi connectivity index (χ2v) is 8.76. The van der Waals surface area contributed by atoms with Gasteiger partial charge in [-0.2, -0.15) is 0 Å². The molecule has 2 amide bonds. The Morgan fingerprint density at radius 3 is 2.48 bits per heavy atom. The molecule has 3 heterocycles. The third-order valence-electron chi connectivity index (χ3n) is 5.37. The van der Waals surface area contributed by atoms with Crippen molar-refractivity contribution in [3.8, 4) is 22.1 Å². The van der Waals surface area contributed by atoms with Crippen LogP contribution in [0.1, 0.15) is 12.0 Å². The van der Waals surface area contributed by atoms with Crippen molar-refractivity contribution in [2.75, 3.05) is 28.6 Å². The molecule has 4 aromatic rings. The molecule has 33 heavy (non-hydrogen) atoms. The largest absolute Gasteiger partial charge is 0.439 e. The van der Waals surface area contributed by atoms with E-state index in [1.807, 2.05) is 61.7 Å². The summed E-state index contributed by atoms with van der Waals surface area (Å²) in [6.07, 6.45) is 4.74. The number of para-hydroxylation sites is 1. The molecule has 5 rings (SSSR count). The Morgan fingerprint density at radius 1 is 0.970 bits per heavy atom. The number of carbonyl (C=O) groups is 1. The molecule has 0 bridgehead atoms. The fraction of sp³-hybridized carbons (Fsp3) is 0.160. The standard InChI is InChI=1S/C25H23N5O2S/c1-17-5-2-3-6-21(17)29-24(31)28-19-9-12-23(26-15-19)32-20-10-7-18(8-11-20)22-16-27-25(33-22)30-13-4-14-30/h2-3,5-12,15-16H,4,13-14H2,1H3,(H2,28,29,31). The van der Waals surface area contributed by atoms with Gasteiger partial charge < -0.3 is 20.3 Å². The van der Waals surface area contributed by atoms with Gasteiger partial charge in [-0.15, -0.1) is 0 Å². The Balaban J connectivity index is 1.17. The van der Waals surface area contributed by atoms with Crippen LogP contribution in [-0.2, 0) is 0 Å². The highest BCUT2D eigenvalue weighted by Gasteiger charge is 2.18. The molecule has 1 aliphatic heterocycles. The van der Waals surface area contributed by atoms with Crippen LogP contribution >= 0.6 is 11.3 Å². The minimum atomic E-state index is -0.323. The van der Waals surface area contributed by atoms with Gasteiger partial charge in [0.2, 0.25) is 5.88 Å². The van der Waals surface area contributed by atoms with E-state index >= 15 is 0 Å². The highest BCUT2D eigenvalue weighted by molar-refractivity contribution is 7.18. The van der Waals surface area contributed by atoms with Crippen LogP contribution in [0, 0.1) is 6.92 Å². The van der Waals surface area contributed by atoms with Crippen LogP contribution in [0.5, 0.6) is 11.6 Å². The topological polar surface area (TPSA) is 79.4 Å². The first kappa shape index (κ1) is 21.0. The maximum Gasteiger partial charge on any atom is 0.323 e. The number of pyridine rings is 1. The summed E-state index contributed by atoms with van der Waals surface area (Å²) in [7, 11) is 0. The molecule has 0 atom stereocenters. The average molecular weight is 458 g/mol. The number of carbonyl (C=O) groups excluding carboxylic acids is 1. The van der Waals surface area contributed by atoms with Gasteiger partial charge in [0.15, 0.2) is 5.13 Å². The normalized spacial score (nSPS) is 12.7. The lowest BCUT2D eigenvalue weighted by molar-refractivity contribution is 0.262. The second kappa shape index (κ2) is 9.30. The van der Waals surface area contributed by atoms with Crippen LogP contribution in [0.15, 0.2) is 73.1 Å². The number of aromatic nitrogens is 2. The molecule has 1 aliphatic rings. The summed E-state index contributed by atoms with van der Waals surface area (Å²) in [5.74, 6) is 1.14. The quantitative estimate of drug-likeness (QED) is 0.362. The predicted molar refractivity (Wildman–Crippen MR) is 133 cm³/mol. The number of anilines is 3. The highest BCUT2D eigenvalue weighted by Crippen LogP contribution is 2.34. The molecule has 0 radical (unpaired) electrons. The number of amides is 2. The lowest BCUT2D eigenvalue weighted by atomic mass is 10.2. The molecule has 0 aliphatic carbocycles. The van der Waals surface area contributed by atoms with Crippen LogP contribution in [0.4, 0.5) is 21.3 Å². The van der Waals surface area contributed by atoms with E-state index in [1.165, 1.54) is 6.42 Å². The van der Waals surface area contributed by atoms with Gasteiger partial charge in [-0.05, 0) is 60.9 Å². The first-order valence-corrected chi connectivity index (χ1v) is 11.5. The van der Waals surface area contributed by atoms with Gasteiger partial charge in [-0.1, -0.05) is 29.5 Å². The van der Waals surface area contributed by atoms with Gasteiger partial charge in [0.25, 0.3) is 0 Å². The minimum Gasteiger partial charge on any atom is -0.439 e. The van der Waals surface area contributed by atoms with E-state index in [4.69, 9.17) is 4.74 Å². The molecular formula is C25H23N5O2S. The van der Waals surface area contributed by atoms with Crippen molar-refractivity contribution >= 4 is 33.9 Å². The van der Waals surface area contributed by atoms with Crippen LogP contribution in [0.3, 0.4) is 0 Å². The number of benzene rings is 2. The van der Waals surface area contributed by atoms with Crippen LogP contribution in [0.2, 0.25) is 0 Å². The SMILES string of the molecule is Cc1ccccc1NC(=O)Nc1ccc(Oc2ccc(-c3cnc(N4CCC4)s3)cc2)nc1. The predicted octanol–water partition coefficient (Wildman–Crippen LogP) is 6.16. The summed E-state index contributed by atoms with van der Waals surface area (Å²) >= 11 is 1.71. The molecule has 8 heteroatoms. The summed E-state index contributed by atoms with van der Waals surface area (Å²) in [4.78, 5) is 24.5. The number of aryl methyl sites for hydroxylation is 1. The third kappa shape index (κ3) is 4.96. The lowest BCUT2D eigenvalue weighted by Gasteiger charge is -2.30. The number of hydrogen-bond donors (Lipinski definition) is 2. The molecule has 2 aromatic carbocycles.